The molecule has 20 nitrogen and oxygen atoms in total. The number of nitrogen functional groups attached to an aromatic ring is 2. The predicted molar refractivity (Wildman–Crippen MR) is 146 cm³/mol. The molecule has 0 saturated carbocycles. The summed E-state index contributed by atoms with van der Waals surface area (Å²) in [7, 11) is -5.05. The molecule has 0 radical (unpaired) electrons. The van der Waals surface area contributed by atoms with E-state index in [-0.39, 0.29) is 34.0 Å². The quantitative estimate of drug-likeness (QED) is 0.167. The van der Waals surface area contributed by atoms with Crippen molar-refractivity contribution in [2.24, 2.45) is 0 Å². The summed E-state index contributed by atoms with van der Waals surface area (Å²) < 4.78 is 64.7. The van der Waals surface area contributed by atoms with Gasteiger partial charge in [-0.15, -0.1) is 0 Å². The Bertz CT molecular complexity index is 1830. The largest absolute Gasteiger partial charge is 0.472 e. The van der Waals surface area contributed by atoms with Gasteiger partial charge in [-0.3, -0.25) is 22.7 Å². The third-order valence-electron chi connectivity index (χ3n) is 7.22. The van der Waals surface area contributed by atoms with Crippen LogP contribution < -0.4 is 11.5 Å². The normalized spacial score (nSPS) is 38.3. The highest BCUT2D eigenvalue weighted by Gasteiger charge is 2.54. The Kier molecular flexibility index (Phi) is 7.39. The van der Waals surface area contributed by atoms with Crippen molar-refractivity contribution < 1.29 is 51.4 Å². The minimum atomic E-state index is -5.05. The number of imidazole rings is 2. The van der Waals surface area contributed by atoms with Crippen LogP contribution in [0.1, 0.15) is 12.5 Å². The van der Waals surface area contributed by atoms with E-state index in [1.165, 1.54) is 28.1 Å². The molecule has 3 saturated heterocycles. The molecular weight excluding hydrogens is 653 g/mol. The van der Waals surface area contributed by atoms with Crippen molar-refractivity contribution in [1.29, 1.82) is 0 Å². The number of hydrogen-bond acceptors (Lipinski definition) is 17. The molecule has 10 atom stereocenters. The number of fused-ring (bicyclic) bond motifs is 5. The van der Waals surface area contributed by atoms with Crippen LogP contribution in [0.4, 0.5) is 16.0 Å². The van der Waals surface area contributed by atoms with Gasteiger partial charge in [-0.05, 0) is 11.8 Å². The smallest absolute Gasteiger partial charge is 0.387 e. The summed E-state index contributed by atoms with van der Waals surface area (Å²) in [5.41, 5.74) is 12.4. The van der Waals surface area contributed by atoms with E-state index in [1.807, 2.05) is 0 Å². The van der Waals surface area contributed by atoms with Crippen LogP contribution >= 0.6 is 14.5 Å². The Hall–Kier alpha value is -2.85. The zero-order valence-corrected chi connectivity index (χ0v) is 24.6. The molecule has 0 spiro atoms. The van der Waals surface area contributed by atoms with Gasteiger partial charge in [-0.1, -0.05) is 0 Å². The average Bonchev–Trinajstić information content (AvgIpc) is 3.73. The van der Waals surface area contributed by atoms with Gasteiger partial charge < -0.3 is 40.4 Å². The van der Waals surface area contributed by atoms with E-state index in [4.69, 9.17) is 50.8 Å². The fraction of sp³-hybridized carbons (Fsp3) is 0.500. The monoisotopic (exact) mass is 676 g/mol. The number of anilines is 2. The molecule has 7 unspecified atom stereocenters. The van der Waals surface area contributed by atoms with Gasteiger partial charge in [-0.25, -0.2) is 38.9 Å². The van der Waals surface area contributed by atoms with Crippen molar-refractivity contribution in [3.05, 3.63) is 25.3 Å². The Morgan fingerprint density at radius 3 is 2.05 bits per heavy atom. The number of aliphatic hydroxyl groups excluding tert-OH is 1. The fourth-order valence-corrected chi connectivity index (χ4v) is 7.56. The molecule has 44 heavy (non-hydrogen) atoms. The number of hydrogen-bond donors (Lipinski definition) is 5. The maximum atomic E-state index is 15.9. The van der Waals surface area contributed by atoms with Gasteiger partial charge in [0.05, 0.1) is 25.9 Å². The SMILES string of the molecule is Nc1ncnc2c1ncn2C1O[C@@H]2COP(=O)(O)OC3C(F)[C@H](n4cnc5c(N)ncnc54)O[C@@H]3COP(O)(=S)OC1C2O. The van der Waals surface area contributed by atoms with Crippen LogP contribution in [-0.2, 0) is 43.9 Å². The number of phosphoric ester groups is 1. The Labute approximate surface area is 249 Å². The maximum absolute atomic E-state index is 15.9. The highest BCUT2D eigenvalue weighted by Crippen LogP contribution is 2.54. The van der Waals surface area contributed by atoms with Gasteiger partial charge in [0, 0.05) is 0 Å². The Balaban J connectivity index is 1.20. The van der Waals surface area contributed by atoms with Crippen molar-refractivity contribution in [3.8, 4) is 0 Å². The fourth-order valence-electron chi connectivity index (χ4n) is 5.19. The molecule has 3 aliphatic rings. The number of aromatic nitrogens is 8. The summed E-state index contributed by atoms with van der Waals surface area (Å²) in [6, 6.07) is 0. The second-order valence-electron chi connectivity index (χ2n) is 9.90. The Morgan fingerprint density at radius 2 is 1.41 bits per heavy atom. The lowest BCUT2D eigenvalue weighted by Crippen LogP contribution is -2.35. The lowest BCUT2D eigenvalue weighted by atomic mass is 10.1. The average molecular weight is 676 g/mol. The van der Waals surface area contributed by atoms with Crippen molar-refractivity contribution in [3.63, 3.8) is 0 Å². The topological polar surface area (TPSA) is 272 Å². The van der Waals surface area contributed by atoms with Crippen LogP contribution in [0.25, 0.3) is 22.3 Å². The highest BCUT2D eigenvalue weighted by molar-refractivity contribution is 8.07. The van der Waals surface area contributed by atoms with Gasteiger partial charge in [0.2, 0.25) is 0 Å². The van der Waals surface area contributed by atoms with E-state index in [2.05, 4.69) is 29.9 Å². The minimum Gasteiger partial charge on any atom is -0.387 e. The number of halogens is 1. The van der Waals surface area contributed by atoms with Gasteiger partial charge in [0.1, 0.15) is 54.2 Å². The maximum Gasteiger partial charge on any atom is 0.472 e. The van der Waals surface area contributed by atoms with Crippen LogP contribution in [0.3, 0.4) is 0 Å². The molecule has 4 aromatic rings. The molecule has 3 fully saturated rings. The minimum absolute atomic E-state index is 0.0348. The van der Waals surface area contributed by atoms with E-state index in [9.17, 15) is 19.5 Å². The third-order valence-corrected chi connectivity index (χ3v) is 9.76. The first kappa shape index (κ1) is 29.8. The van der Waals surface area contributed by atoms with E-state index < -0.39 is 76.9 Å². The van der Waals surface area contributed by atoms with Crippen molar-refractivity contribution in [2.45, 2.75) is 49.1 Å². The van der Waals surface area contributed by atoms with E-state index in [0.29, 0.717) is 0 Å². The summed E-state index contributed by atoms with van der Waals surface area (Å²) in [4.78, 5) is 45.8. The molecule has 0 aliphatic carbocycles. The number of alkyl halides is 1. The molecule has 0 amide bonds. The number of rotatable bonds is 2. The van der Waals surface area contributed by atoms with E-state index in [1.54, 1.807) is 0 Å². The number of nitrogens with two attached hydrogens (primary N) is 2. The highest BCUT2D eigenvalue weighted by atomic mass is 32.5. The molecule has 3 aliphatic heterocycles. The molecule has 4 aromatic heterocycles. The lowest BCUT2D eigenvalue weighted by molar-refractivity contribution is -0.0635. The number of ether oxygens (including phenoxy) is 2. The molecule has 2 bridgehead atoms. The van der Waals surface area contributed by atoms with Crippen molar-refractivity contribution in [1.82, 2.24) is 39.0 Å². The van der Waals surface area contributed by atoms with Gasteiger partial charge in [-0.2, -0.15) is 0 Å². The standard InChI is InChI=1S/C20H23FN10O10P2S/c21-9-13-8(39-19(9)30-5-28-10-15(22)24-3-26-17(10)30)2-37-43(35,44)41-14-12(32)7(1-36-42(33,34)40-13)38-20(14)31-6-29-11-16(23)25-4-27-18(11)31/h3-9,12-14,19-20,32H,1-2H2,(H,33,34)(H,35,44)(H2,22,24,26)(H2,23,25,27)/t7-,8-,9?,12?,13?,14?,19-,20?,43?/m1/s1. The molecule has 7 N–H and O–H groups in total. The number of nitrogens with zero attached hydrogens (tertiary/aromatic N) is 8. The molecule has 7 rings (SSSR count). The lowest BCUT2D eigenvalue weighted by Gasteiger charge is -2.27. The van der Waals surface area contributed by atoms with Gasteiger partial charge in [0.15, 0.2) is 41.6 Å². The molecule has 0 aromatic carbocycles. The van der Waals surface area contributed by atoms with Crippen LogP contribution in [-0.4, -0.2) is 104 Å². The zero-order chi connectivity index (χ0) is 31.0. The van der Waals surface area contributed by atoms with Gasteiger partial charge >= 0.3 is 14.5 Å². The second kappa shape index (κ2) is 10.9. The van der Waals surface area contributed by atoms with E-state index >= 15 is 4.39 Å². The summed E-state index contributed by atoms with van der Waals surface area (Å²) in [5, 5.41) is 11.1. The third kappa shape index (κ3) is 5.15. The molecule has 24 heteroatoms. The number of phosphoric acid groups is 1. The van der Waals surface area contributed by atoms with Crippen LogP contribution in [0.5, 0.6) is 0 Å². The molecule has 236 valence electrons. The second-order valence-corrected chi connectivity index (χ2v) is 14.1. The first-order valence-corrected chi connectivity index (χ1v) is 16.8. The van der Waals surface area contributed by atoms with Crippen LogP contribution in [0, 0.1) is 0 Å². The summed E-state index contributed by atoms with van der Waals surface area (Å²) in [5.74, 6) is 0.101. The summed E-state index contributed by atoms with van der Waals surface area (Å²) in [6.07, 6.45) is -7.61. The van der Waals surface area contributed by atoms with Crippen LogP contribution in [0.15, 0.2) is 25.3 Å². The Morgan fingerprint density at radius 1 is 0.841 bits per heavy atom. The van der Waals surface area contributed by atoms with E-state index in [0.717, 1.165) is 6.33 Å². The van der Waals surface area contributed by atoms with Crippen LogP contribution in [0.2, 0.25) is 0 Å². The summed E-state index contributed by atoms with van der Waals surface area (Å²) in [6.45, 7) is -5.66. The zero-order valence-electron chi connectivity index (χ0n) is 22.0. The van der Waals surface area contributed by atoms with Gasteiger partial charge in [0.25, 0.3) is 0 Å². The first-order valence-electron chi connectivity index (χ1n) is 12.7. The molecule has 7 heterocycles. The van der Waals surface area contributed by atoms with Crippen molar-refractivity contribution >= 4 is 60.3 Å². The molecular formula is C20H23FN10O10P2S. The van der Waals surface area contributed by atoms with Crippen molar-refractivity contribution in [2.75, 3.05) is 24.7 Å². The number of aliphatic hydroxyl groups is 1. The predicted octanol–water partition coefficient (Wildman–Crippen LogP) is -0.541. The first-order chi connectivity index (χ1) is 20.9. The summed E-state index contributed by atoms with van der Waals surface area (Å²) >= 11 is 5.21.